The molecule has 0 bridgehead atoms. The molecule has 0 spiro atoms. The molecule has 0 aliphatic rings. The Balaban J connectivity index is 0.00000241. The van der Waals surface area contributed by atoms with Crippen LogP contribution in [0.4, 0.5) is 0 Å². The molecule has 4 nitrogen and oxygen atoms in total. The molecular formula is C27H18N2O2PtS2. The normalized spacial score (nSPS) is 11.0. The fourth-order valence-corrected chi connectivity index (χ4v) is 6.09. The molecule has 0 fully saturated rings. The van der Waals surface area contributed by atoms with Gasteiger partial charge in [0, 0.05) is 43.3 Å². The number of fused-ring (bicyclic) bond motifs is 2. The van der Waals surface area contributed by atoms with Crippen molar-refractivity contribution < 1.29 is 30.9 Å². The number of thiazole rings is 2. The van der Waals surface area contributed by atoms with Gasteiger partial charge in [0.2, 0.25) is 0 Å². The minimum absolute atomic E-state index is 0. The maximum absolute atomic E-state index is 10.4. The summed E-state index contributed by atoms with van der Waals surface area (Å²) in [6.07, 6.45) is 0. The first-order valence-electron chi connectivity index (χ1n) is 10.4. The molecule has 4 aromatic carbocycles. The first-order valence-corrected chi connectivity index (χ1v) is 12.1. The van der Waals surface area contributed by atoms with Crippen molar-refractivity contribution in [3.05, 3.63) is 84.9 Å². The maximum atomic E-state index is 10.4. The molecule has 2 heterocycles. The van der Waals surface area contributed by atoms with Crippen LogP contribution in [0.15, 0.2) is 84.9 Å². The zero-order chi connectivity index (χ0) is 22.4. The maximum Gasteiger partial charge on any atom is 0.153 e. The van der Waals surface area contributed by atoms with Crippen LogP contribution >= 0.6 is 22.7 Å². The van der Waals surface area contributed by atoms with Crippen LogP contribution in [0.5, 0.6) is 11.5 Å². The molecule has 0 saturated heterocycles. The SMILES string of the molecule is COc1ccccc1-c1cccc2sc(-c3nc4c(-c5ccccc5O)cccc4s3)nc12.[Pt]. The molecule has 1 N–H and O–H groups in total. The van der Waals surface area contributed by atoms with Crippen LogP contribution < -0.4 is 4.74 Å². The van der Waals surface area contributed by atoms with Gasteiger partial charge in [-0.3, -0.25) is 0 Å². The molecule has 0 amide bonds. The van der Waals surface area contributed by atoms with Gasteiger partial charge in [-0.2, -0.15) is 0 Å². The van der Waals surface area contributed by atoms with E-state index in [-0.39, 0.29) is 26.8 Å². The van der Waals surface area contributed by atoms with Crippen molar-refractivity contribution in [2.24, 2.45) is 0 Å². The topological polar surface area (TPSA) is 55.2 Å². The van der Waals surface area contributed by atoms with Crippen LogP contribution in [0.1, 0.15) is 0 Å². The first kappa shape index (κ1) is 22.7. The van der Waals surface area contributed by atoms with Gasteiger partial charge in [-0.05, 0) is 24.3 Å². The minimum atomic E-state index is 0. The molecule has 0 atom stereocenters. The van der Waals surface area contributed by atoms with Crippen molar-refractivity contribution in [2.45, 2.75) is 0 Å². The van der Waals surface area contributed by atoms with E-state index in [4.69, 9.17) is 14.7 Å². The standard InChI is InChI=1S/C27H18N2O2S2.Pt/c1-31-21-13-5-3-9-17(21)19-11-7-15-23-25(19)29-27(33-23)26-28-24-18(10-6-14-22(24)32-26)16-8-2-4-12-20(16)30;/h2-15,30H,1H3;. The second-order valence-electron chi connectivity index (χ2n) is 7.56. The number of phenolic OH excluding ortho intramolecular Hbond substituents is 1. The van der Waals surface area contributed by atoms with Crippen molar-refractivity contribution in [1.82, 2.24) is 9.97 Å². The van der Waals surface area contributed by atoms with E-state index in [0.717, 1.165) is 58.5 Å². The van der Waals surface area contributed by atoms with E-state index in [1.807, 2.05) is 48.5 Å². The predicted octanol–water partition coefficient (Wildman–Crippen LogP) is 7.62. The summed E-state index contributed by atoms with van der Waals surface area (Å²) in [7, 11) is 1.69. The van der Waals surface area contributed by atoms with Gasteiger partial charge in [-0.1, -0.05) is 60.7 Å². The Kier molecular flexibility index (Phi) is 6.22. The zero-order valence-corrected chi connectivity index (χ0v) is 21.9. The number of ether oxygens (including phenoxy) is 1. The van der Waals surface area contributed by atoms with Crippen molar-refractivity contribution >= 4 is 43.1 Å². The van der Waals surface area contributed by atoms with Gasteiger partial charge in [-0.15, -0.1) is 22.7 Å². The quantitative estimate of drug-likeness (QED) is 0.211. The average Bonchev–Trinajstić information content (AvgIpc) is 3.48. The monoisotopic (exact) mass is 661 g/mol. The second-order valence-corrected chi connectivity index (χ2v) is 9.62. The van der Waals surface area contributed by atoms with Gasteiger partial charge in [0.05, 0.1) is 27.5 Å². The Morgan fingerprint density at radius 3 is 1.71 bits per heavy atom. The molecule has 0 unspecified atom stereocenters. The molecule has 6 rings (SSSR count). The van der Waals surface area contributed by atoms with Crippen molar-refractivity contribution in [3.8, 4) is 43.8 Å². The molecular weight excluding hydrogens is 644 g/mol. The number of nitrogens with zero attached hydrogens (tertiary/aromatic N) is 2. The average molecular weight is 662 g/mol. The third kappa shape index (κ3) is 3.82. The van der Waals surface area contributed by atoms with Crippen LogP contribution in [-0.4, -0.2) is 22.2 Å². The molecule has 0 radical (unpaired) electrons. The smallest absolute Gasteiger partial charge is 0.153 e. The number of phenols is 1. The van der Waals surface area contributed by atoms with Crippen LogP contribution in [-0.2, 0) is 21.1 Å². The summed E-state index contributed by atoms with van der Waals surface area (Å²) in [5.74, 6) is 1.08. The van der Waals surface area contributed by atoms with E-state index >= 15 is 0 Å². The van der Waals surface area contributed by atoms with Gasteiger partial charge in [-0.25, -0.2) is 9.97 Å². The van der Waals surface area contributed by atoms with Crippen LogP contribution in [0.3, 0.4) is 0 Å². The number of hydrogen-bond donors (Lipinski definition) is 1. The summed E-state index contributed by atoms with van der Waals surface area (Å²) >= 11 is 3.26. The van der Waals surface area contributed by atoms with E-state index in [1.165, 1.54) is 0 Å². The number of aromatic nitrogens is 2. The van der Waals surface area contributed by atoms with E-state index < -0.39 is 0 Å². The summed E-state index contributed by atoms with van der Waals surface area (Å²) in [5.41, 5.74) is 5.59. The fourth-order valence-electron chi connectivity index (χ4n) is 4.08. The molecule has 6 aromatic rings. The molecule has 0 saturated carbocycles. The number of methoxy groups -OCH3 is 1. The number of rotatable bonds is 4. The Bertz CT molecular complexity index is 1640. The van der Waals surface area contributed by atoms with Crippen molar-refractivity contribution in [3.63, 3.8) is 0 Å². The molecule has 7 heteroatoms. The van der Waals surface area contributed by atoms with Gasteiger partial charge in [0.25, 0.3) is 0 Å². The summed E-state index contributed by atoms with van der Waals surface area (Å²) in [5, 5.41) is 12.1. The molecule has 34 heavy (non-hydrogen) atoms. The summed E-state index contributed by atoms with van der Waals surface area (Å²) in [6.45, 7) is 0. The molecule has 170 valence electrons. The Labute approximate surface area is 218 Å². The Morgan fingerprint density at radius 2 is 1.12 bits per heavy atom. The van der Waals surface area contributed by atoms with Crippen molar-refractivity contribution in [1.29, 1.82) is 0 Å². The molecule has 0 aliphatic carbocycles. The van der Waals surface area contributed by atoms with Gasteiger partial charge in [0.1, 0.15) is 11.5 Å². The van der Waals surface area contributed by atoms with Gasteiger partial charge >= 0.3 is 0 Å². The van der Waals surface area contributed by atoms with Gasteiger partial charge < -0.3 is 9.84 Å². The van der Waals surface area contributed by atoms with Crippen LogP contribution in [0.25, 0.3) is 52.7 Å². The van der Waals surface area contributed by atoms with E-state index in [2.05, 4.69) is 30.3 Å². The minimum Gasteiger partial charge on any atom is -0.507 e. The number of benzene rings is 4. The van der Waals surface area contributed by atoms with E-state index in [0.29, 0.717) is 0 Å². The van der Waals surface area contributed by atoms with Crippen LogP contribution in [0, 0.1) is 0 Å². The summed E-state index contributed by atoms with van der Waals surface area (Å²) in [6, 6.07) is 27.7. The molecule has 2 aromatic heterocycles. The first-order chi connectivity index (χ1) is 16.2. The molecule has 0 aliphatic heterocycles. The van der Waals surface area contributed by atoms with E-state index in [1.54, 1.807) is 35.8 Å². The second kappa shape index (κ2) is 9.30. The Hall–Kier alpha value is -3.05. The third-order valence-corrected chi connectivity index (χ3v) is 7.80. The number of hydrogen-bond acceptors (Lipinski definition) is 6. The number of aromatic hydroxyl groups is 1. The van der Waals surface area contributed by atoms with Gasteiger partial charge in [0.15, 0.2) is 10.0 Å². The fraction of sp³-hybridized carbons (Fsp3) is 0.0370. The van der Waals surface area contributed by atoms with Crippen LogP contribution in [0.2, 0.25) is 0 Å². The largest absolute Gasteiger partial charge is 0.507 e. The third-order valence-electron chi connectivity index (χ3n) is 5.61. The van der Waals surface area contributed by atoms with E-state index in [9.17, 15) is 5.11 Å². The summed E-state index contributed by atoms with van der Waals surface area (Å²) < 4.78 is 7.76. The zero-order valence-electron chi connectivity index (χ0n) is 18.0. The predicted molar refractivity (Wildman–Crippen MR) is 137 cm³/mol. The summed E-state index contributed by atoms with van der Waals surface area (Å²) in [4.78, 5) is 9.97. The number of para-hydroxylation sites is 4. The Morgan fingerprint density at radius 1 is 0.618 bits per heavy atom. The van der Waals surface area contributed by atoms with Crippen molar-refractivity contribution in [2.75, 3.05) is 7.11 Å².